The molecule has 1 heterocycles. The third kappa shape index (κ3) is 9.16. The number of methoxy groups -OCH3 is 1. The van der Waals surface area contributed by atoms with Crippen molar-refractivity contribution in [3.63, 3.8) is 0 Å². The molecule has 1 aliphatic rings. The summed E-state index contributed by atoms with van der Waals surface area (Å²) in [6.07, 6.45) is 2.37. The summed E-state index contributed by atoms with van der Waals surface area (Å²) in [7, 11) is 1.68. The first-order valence-corrected chi connectivity index (χ1v) is 10.2. The summed E-state index contributed by atoms with van der Waals surface area (Å²) in [4.78, 5) is 7.43. The first-order chi connectivity index (χ1) is 12.8. The van der Waals surface area contributed by atoms with Gasteiger partial charge in [0.2, 0.25) is 0 Å². The van der Waals surface area contributed by atoms with Gasteiger partial charge in [-0.05, 0) is 12.8 Å². The molecule has 1 saturated heterocycles. The van der Waals surface area contributed by atoms with E-state index in [9.17, 15) is 0 Å². The highest BCUT2D eigenvalue weighted by atomic mass is 16.5. The summed E-state index contributed by atoms with van der Waals surface area (Å²) >= 11 is 0. The first-order valence-electron chi connectivity index (χ1n) is 10.2. The number of hydrogen-bond acceptors (Lipinski definition) is 5. The minimum Gasteiger partial charge on any atom is -0.382 e. The van der Waals surface area contributed by atoms with E-state index in [1.807, 2.05) is 0 Å². The number of morpholine rings is 1. The van der Waals surface area contributed by atoms with Crippen LogP contribution in [-0.4, -0.2) is 89.8 Å². The molecule has 0 spiro atoms. The van der Waals surface area contributed by atoms with Gasteiger partial charge in [0.1, 0.15) is 0 Å². The highest BCUT2D eigenvalue weighted by Crippen LogP contribution is 2.20. The lowest BCUT2D eigenvalue weighted by Gasteiger charge is -2.38. The quantitative estimate of drug-likeness (QED) is 0.289. The molecule has 26 heavy (non-hydrogen) atoms. The average molecular weight is 373 g/mol. The smallest absolute Gasteiger partial charge is 0.191 e. The lowest BCUT2D eigenvalue weighted by molar-refractivity contribution is 0.00395. The second-order valence-electron chi connectivity index (χ2n) is 6.54. The number of ether oxygens (including phenoxy) is 3. The van der Waals surface area contributed by atoms with Crippen LogP contribution in [-0.2, 0) is 14.2 Å². The van der Waals surface area contributed by atoms with Crippen molar-refractivity contribution in [3.8, 4) is 0 Å². The lowest BCUT2D eigenvalue weighted by Crippen LogP contribution is -2.49. The van der Waals surface area contributed by atoms with Gasteiger partial charge in [-0.15, -0.1) is 0 Å². The molecule has 1 rings (SSSR count). The number of hydrogen-bond donors (Lipinski definition) is 2. The lowest BCUT2D eigenvalue weighted by atomic mass is 9.92. The molecular formula is C19H40N4O3. The molecule has 0 aromatic rings. The van der Waals surface area contributed by atoms with Crippen LogP contribution < -0.4 is 10.6 Å². The molecule has 0 aliphatic carbocycles. The Morgan fingerprint density at radius 3 is 2.42 bits per heavy atom. The van der Waals surface area contributed by atoms with Crippen LogP contribution in [0.15, 0.2) is 4.99 Å². The van der Waals surface area contributed by atoms with Gasteiger partial charge in [-0.3, -0.25) is 9.89 Å². The molecule has 0 radical (unpaired) electrons. The molecule has 154 valence electrons. The standard InChI is InChI=1S/C19H40N4O3/c1-5-17(6-2)18(23-9-12-26-13-10-23)16-22-19(20-7-3)21-8-11-25-15-14-24-4/h17-18H,5-16H2,1-4H3,(H2,20,21,22). The van der Waals surface area contributed by atoms with Crippen LogP contribution in [0.1, 0.15) is 33.6 Å². The molecule has 1 atom stereocenters. The van der Waals surface area contributed by atoms with Gasteiger partial charge < -0.3 is 24.8 Å². The number of nitrogens with zero attached hydrogens (tertiary/aromatic N) is 2. The van der Waals surface area contributed by atoms with Crippen molar-refractivity contribution in [2.75, 3.05) is 72.9 Å². The van der Waals surface area contributed by atoms with Gasteiger partial charge in [0.25, 0.3) is 0 Å². The highest BCUT2D eigenvalue weighted by molar-refractivity contribution is 5.79. The number of nitrogens with one attached hydrogen (secondary N) is 2. The van der Waals surface area contributed by atoms with Crippen molar-refractivity contribution in [2.45, 2.75) is 39.7 Å². The average Bonchev–Trinajstić information content (AvgIpc) is 2.68. The van der Waals surface area contributed by atoms with E-state index in [0.29, 0.717) is 31.8 Å². The normalized spacial score (nSPS) is 17.5. The Morgan fingerprint density at radius 2 is 1.81 bits per heavy atom. The van der Waals surface area contributed by atoms with Gasteiger partial charge in [-0.2, -0.15) is 0 Å². The molecule has 2 N–H and O–H groups in total. The van der Waals surface area contributed by atoms with Crippen LogP contribution >= 0.6 is 0 Å². The fourth-order valence-corrected chi connectivity index (χ4v) is 3.32. The maximum Gasteiger partial charge on any atom is 0.191 e. The maximum absolute atomic E-state index is 5.53. The Bertz CT molecular complexity index is 359. The Kier molecular flexibility index (Phi) is 13.5. The third-order valence-corrected chi connectivity index (χ3v) is 4.86. The van der Waals surface area contributed by atoms with Crippen molar-refractivity contribution in [1.29, 1.82) is 0 Å². The number of aliphatic imine (C=N–C) groups is 1. The largest absolute Gasteiger partial charge is 0.382 e. The summed E-state index contributed by atoms with van der Waals surface area (Å²) in [5.74, 6) is 1.53. The van der Waals surface area contributed by atoms with Crippen LogP contribution in [0, 0.1) is 5.92 Å². The second kappa shape index (κ2) is 15.2. The molecule has 0 saturated carbocycles. The monoisotopic (exact) mass is 372 g/mol. The van der Waals surface area contributed by atoms with Gasteiger partial charge in [-0.1, -0.05) is 26.7 Å². The summed E-state index contributed by atoms with van der Waals surface area (Å²) in [6.45, 7) is 14.6. The van der Waals surface area contributed by atoms with Crippen molar-refractivity contribution in [1.82, 2.24) is 15.5 Å². The molecule has 0 bridgehead atoms. The van der Waals surface area contributed by atoms with Crippen molar-refractivity contribution >= 4 is 5.96 Å². The summed E-state index contributed by atoms with van der Waals surface area (Å²) < 4.78 is 16.0. The minimum absolute atomic E-state index is 0.474. The predicted molar refractivity (Wildman–Crippen MR) is 107 cm³/mol. The van der Waals surface area contributed by atoms with E-state index >= 15 is 0 Å². The van der Waals surface area contributed by atoms with E-state index in [2.05, 4.69) is 36.3 Å². The van der Waals surface area contributed by atoms with Gasteiger partial charge in [0, 0.05) is 39.3 Å². The molecule has 0 aromatic heterocycles. The predicted octanol–water partition coefficient (Wildman–Crippen LogP) is 1.34. The highest BCUT2D eigenvalue weighted by Gasteiger charge is 2.26. The van der Waals surface area contributed by atoms with Gasteiger partial charge in [0.15, 0.2) is 5.96 Å². The van der Waals surface area contributed by atoms with E-state index < -0.39 is 0 Å². The Morgan fingerprint density at radius 1 is 1.08 bits per heavy atom. The molecule has 1 fully saturated rings. The fraction of sp³-hybridized carbons (Fsp3) is 0.947. The van der Waals surface area contributed by atoms with Crippen molar-refractivity contribution in [3.05, 3.63) is 0 Å². The van der Waals surface area contributed by atoms with Crippen molar-refractivity contribution in [2.24, 2.45) is 10.9 Å². The van der Waals surface area contributed by atoms with Crippen LogP contribution in [0.5, 0.6) is 0 Å². The molecule has 0 aromatic carbocycles. The molecule has 1 aliphatic heterocycles. The Balaban J connectivity index is 2.56. The molecule has 1 unspecified atom stereocenters. The fourth-order valence-electron chi connectivity index (χ4n) is 3.32. The van der Waals surface area contributed by atoms with Crippen LogP contribution in [0.4, 0.5) is 0 Å². The zero-order chi connectivity index (χ0) is 19.0. The molecule has 0 amide bonds. The minimum atomic E-state index is 0.474. The SMILES string of the molecule is CCNC(=NCC(C(CC)CC)N1CCOCC1)NCCOCCOC. The first kappa shape index (κ1) is 23.1. The number of rotatable bonds is 13. The van der Waals surface area contributed by atoms with E-state index in [1.165, 1.54) is 12.8 Å². The molecular weight excluding hydrogens is 332 g/mol. The van der Waals surface area contributed by atoms with Crippen LogP contribution in [0.25, 0.3) is 0 Å². The topological polar surface area (TPSA) is 67.4 Å². The van der Waals surface area contributed by atoms with Crippen molar-refractivity contribution < 1.29 is 14.2 Å². The second-order valence-corrected chi connectivity index (χ2v) is 6.54. The summed E-state index contributed by atoms with van der Waals surface area (Å²) in [6, 6.07) is 0.474. The summed E-state index contributed by atoms with van der Waals surface area (Å²) in [5.41, 5.74) is 0. The van der Waals surface area contributed by atoms with E-state index in [0.717, 1.165) is 51.9 Å². The van der Waals surface area contributed by atoms with Crippen LogP contribution in [0.3, 0.4) is 0 Å². The third-order valence-electron chi connectivity index (χ3n) is 4.86. The summed E-state index contributed by atoms with van der Waals surface area (Å²) in [5, 5.41) is 6.69. The van der Waals surface area contributed by atoms with E-state index in [4.69, 9.17) is 19.2 Å². The van der Waals surface area contributed by atoms with Gasteiger partial charge in [-0.25, -0.2) is 0 Å². The van der Waals surface area contributed by atoms with Gasteiger partial charge >= 0.3 is 0 Å². The zero-order valence-corrected chi connectivity index (χ0v) is 17.3. The van der Waals surface area contributed by atoms with Gasteiger partial charge in [0.05, 0.1) is 39.6 Å². The maximum atomic E-state index is 5.53. The Labute approximate surface area is 159 Å². The zero-order valence-electron chi connectivity index (χ0n) is 17.3. The molecule has 7 heteroatoms. The number of guanidine groups is 1. The molecule has 7 nitrogen and oxygen atoms in total. The van der Waals surface area contributed by atoms with E-state index in [-0.39, 0.29) is 0 Å². The Hall–Kier alpha value is -0.890. The van der Waals surface area contributed by atoms with Crippen LogP contribution in [0.2, 0.25) is 0 Å². The van der Waals surface area contributed by atoms with E-state index in [1.54, 1.807) is 7.11 Å².